The first-order chi connectivity index (χ1) is 7.29. The van der Waals surface area contributed by atoms with Gasteiger partial charge in [0.05, 0.1) is 5.69 Å². The number of nitrogens with zero attached hydrogens (tertiary/aromatic N) is 3. The Balaban J connectivity index is 2.08. The summed E-state index contributed by atoms with van der Waals surface area (Å²) in [6.07, 6.45) is 1.78. The summed E-state index contributed by atoms with van der Waals surface area (Å²) in [5.41, 5.74) is 2.03. The molecule has 0 saturated heterocycles. The van der Waals surface area contributed by atoms with Gasteiger partial charge in [-0.1, -0.05) is 5.16 Å². The van der Waals surface area contributed by atoms with Crippen molar-refractivity contribution < 1.29 is 4.52 Å². The molecular formula is C10H14N4O. The zero-order valence-corrected chi connectivity index (χ0v) is 8.90. The monoisotopic (exact) mass is 206 g/mol. The van der Waals surface area contributed by atoms with Gasteiger partial charge in [0.25, 0.3) is 0 Å². The van der Waals surface area contributed by atoms with Crippen molar-refractivity contribution >= 4 is 0 Å². The Labute approximate surface area is 88.1 Å². The zero-order chi connectivity index (χ0) is 10.7. The van der Waals surface area contributed by atoms with E-state index in [0.29, 0.717) is 6.54 Å². The predicted molar refractivity (Wildman–Crippen MR) is 55.3 cm³/mol. The lowest BCUT2D eigenvalue weighted by Crippen LogP contribution is -2.05. The minimum absolute atomic E-state index is 0.634. The molecule has 2 rings (SSSR count). The van der Waals surface area contributed by atoms with E-state index in [-0.39, 0.29) is 0 Å². The topological polar surface area (TPSA) is 55.9 Å². The van der Waals surface area contributed by atoms with Gasteiger partial charge < -0.3 is 9.84 Å². The highest BCUT2D eigenvalue weighted by Crippen LogP contribution is 2.07. The second kappa shape index (κ2) is 4.27. The largest absolute Gasteiger partial charge is 0.359 e. The lowest BCUT2D eigenvalue weighted by atomic mass is 10.3. The van der Waals surface area contributed by atoms with Gasteiger partial charge in [-0.2, -0.15) is 5.10 Å². The number of aromatic nitrogens is 3. The highest BCUT2D eigenvalue weighted by molar-refractivity contribution is 5.07. The summed E-state index contributed by atoms with van der Waals surface area (Å²) in [5.74, 6) is 0.826. The first-order valence-corrected chi connectivity index (χ1v) is 4.87. The normalized spacial score (nSPS) is 10.8. The van der Waals surface area contributed by atoms with Crippen molar-refractivity contribution in [2.45, 2.75) is 20.0 Å². The van der Waals surface area contributed by atoms with Gasteiger partial charge in [0.1, 0.15) is 6.54 Å². The van der Waals surface area contributed by atoms with Crippen LogP contribution >= 0.6 is 0 Å². The molecule has 0 spiro atoms. The van der Waals surface area contributed by atoms with Crippen molar-refractivity contribution in [3.63, 3.8) is 0 Å². The molecule has 0 saturated carbocycles. The van der Waals surface area contributed by atoms with E-state index in [1.807, 2.05) is 30.8 Å². The van der Waals surface area contributed by atoms with Gasteiger partial charge in [-0.05, 0) is 20.0 Å². The van der Waals surface area contributed by atoms with Crippen molar-refractivity contribution in [2.24, 2.45) is 0 Å². The average Bonchev–Trinajstić information content (AvgIpc) is 2.79. The van der Waals surface area contributed by atoms with Crippen LogP contribution in [0.25, 0.3) is 0 Å². The van der Waals surface area contributed by atoms with Crippen LogP contribution in [0.2, 0.25) is 0 Å². The second-order valence-corrected chi connectivity index (χ2v) is 3.45. The van der Waals surface area contributed by atoms with Crippen molar-refractivity contribution in [3.8, 4) is 0 Å². The molecule has 0 atom stereocenters. The van der Waals surface area contributed by atoms with Crippen LogP contribution in [0, 0.1) is 6.92 Å². The van der Waals surface area contributed by atoms with E-state index in [0.717, 1.165) is 23.7 Å². The third-order valence-corrected chi connectivity index (χ3v) is 2.20. The second-order valence-electron chi connectivity index (χ2n) is 3.45. The zero-order valence-electron chi connectivity index (χ0n) is 8.90. The Kier molecular flexibility index (Phi) is 2.82. The van der Waals surface area contributed by atoms with Crippen LogP contribution < -0.4 is 5.32 Å². The van der Waals surface area contributed by atoms with Crippen LogP contribution in [0.3, 0.4) is 0 Å². The average molecular weight is 206 g/mol. The van der Waals surface area contributed by atoms with Gasteiger partial charge in [0, 0.05) is 24.5 Å². The number of rotatable bonds is 4. The lowest BCUT2D eigenvalue weighted by Gasteiger charge is -1.99. The number of hydrogen-bond donors (Lipinski definition) is 1. The minimum Gasteiger partial charge on any atom is -0.359 e. The molecule has 1 N–H and O–H groups in total. The molecule has 0 bridgehead atoms. The van der Waals surface area contributed by atoms with E-state index in [1.165, 1.54) is 0 Å². The third kappa shape index (κ3) is 2.24. The van der Waals surface area contributed by atoms with E-state index in [9.17, 15) is 0 Å². The summed E-state index contributed by atoms with van der Waals surface area (Å²) in [5, 5.41) is 11.1. The van der Waals surface area contributed by atoms with Gasteiger partial charge in [-0.15, -0.1) is 0 Å². The van der Waals surface area contributed by atoms with Crippen molar-refractivity contribution in [1.29, 1.82) is 0 Å². The molecular weight excluding hydrogens is 192 g/mol. The Hall–Kier alpha value is -1.62. The maximum Gasteiger partial charge on any atom is 0.158 e. The molecule has 5 nitrogen and oxygen atoms in total. The highest BCUT2D eigenvalue weighted by atomic mass is 16.5. The van der Waals surface area contributed by atoms with E-state index in [1.54, 1.807) is 6.20 Å². The summed E-state index contributed by atoms with van der Waals surface area (Å²) in [4.78, 5) is 0. The summed E-state index contributed by atoms with van der Waals surface area (Å²) < 4.78 is 7.07. The molecule has 2 aromatic rings. The van der Waals surface area contributed by atoms with Crippen molar-refractivity contribution in [1.82, 2.24) is 20.3 Å². The Morgan fingerprint density at radius 1 is 1.53 bits per heavy atom. The fourth-order valence-electron chi connectivity index (χ4n) is 1.41. The van der Waals surface area contributed by atoms with Crippen LogP contribution in [0.4, 0.5) is 0 Å². The SMILES string of the molecule is CNCc1cc(Cn2nccc2C)on1. The molecule has 0 unspecified atom stereocenters. The van der Waals surface area contributed by atoms with Crippen LogP contribution in [0.5, 0.6) is 0 Å². The maximum atomic E-state index is 5.19. The first kappa shape index (κ1) is 9.92. The summed E-state index contributed by atoms with van der Waals surface area (Å²) in [6.45, 7) is 3.37. The molecule has 0 radical (unpaired) electrons. The molecule has 0 fully saturated rings. The van der Waals surface area contributed by atoms with E-state index >= 15 is 0 Å². The lowest BCUT2D eigenvalue weighted by molar-refractivity contribution is 0.364. The van der Waals surface area contributed by atoms with Crippen LogP contribution in [-0.2, 0) is 13.1 Å². The Morgan fingerprint density at radius 2 is 2.40 bits per heavy atom. The molecule has 15 heavy (non-hydrogen) atoms. The number of aryl methyl sites for hydroxylation is 1. The molecule has 2 aromatic heterocycles. The molecule has 0 aliphatic rings. The molecule has 80 valence electrons. The van der Waals surface area contributed by atoms with Gasteiger partial charge >= 0.3 is 0 Å². The molecule has 0 aromatic carbocycles. The van der Waals surface area contributed by atoms with Crippen LogP contribution in [-0.4, -0.2) is 22.0 Å². The Morgan fingerprint density at radius 3 is 3.07 bits per heavy atom. The quantitative estimate of drug-likeness (QED) is 0.809. The third-order valence-electron chi connectivity index (χ3n) is 2.20. The van der Waals surface area contributed by atoms with Crippen molar-refractivity contribution in [3.05, 3.63) is 35.5 Å². The maximum absolute atomic E-state index is 5.19. The first-order valence-electron chi connectivity index (χ1n) is 4.87. The molecule has 0 aliphatic heterocycles. The summed E-state index contributed by atoms with van der Waals surface area (Å²) >= 11 is 0. The van der Waals surface area contributed by atoms with Crippen molar-refractivity contribution in [2.75, 3.05) is 7.05 Å². The predicted octanol–water partition coefficient (Wildman–Crippen LogP) is 0.947. The van der Waals surface area contributed by atoms with E-state index < -0.39 is 0 Å². The molecule has 5 heteroatoms. The highest BCUT2D eigenvalue weighted by Gasteiger charge is 2.05. The minimum atomic E-state index is 0.634. The smallest absolute Gasteiger partial charge is 0.158 e. The summed E-state index contributed by atoms with van der Waals surface area (Å²) in [7, 11) is 1.88. The van der Waals surface area contributed by atoms with Gasteiger partial charge in [0.2, 0.25) is 0 Å². The fourth-order valence-corrected chi connectivity index (χ4v) is 1.41. The van der Waals surface area contributed by atoms with Gasteiger partial charge in [-0.25, -0.2) is 0 Å². The van der Waals surface area contributed by atoms with E-state index in [4.69, 9.17) is 4.52 Å². The standard InChI is InChI=1S/C10H14N4O/c1-8-3-4-12-14(8)7-10-5-9(6-11-2)13-15-10/h3-5,11H,6-7H2,1-2H3. The molecule has 0 amide bonds. The van der Waals surface area contributed by atoms with Gasteiger partial charge in [0.15, 0.2) is 5.76 Å². The number of nitrogens with one attached hydrogen (secondary N) is 1. The fraction of sp³-hybridized carbons (Fsp3) is 0.400. The molecule has 2 heterocycles. The van der Waals surface area contributed by atoms with Gasteiger partial charge in [-0.3, -0.25) is 4.68 Å². The Bertz CT molecular complexity index is 432. The summed E-state index contributed by atoms with van der Waals surface area (Å²) in [6, 6.07) is 3.91. The van der Waals surface area contributed by atoms with Crippen LogP contribution in [0.1, 0.15) is 17.1 Å². The van der Waals surface area contributed by atoms with E-state index in [2.05, 4.69) is 15.6 Å². The van der Waals surface area contributed by atoms with Crippen LogP contribution in [0.15, 0.2) is 22.9 Å². The molecule has 0 aliphatic carbocycles. The number of hydrogen-bond acceptors (Lipinski definition) is 4.